The summed E-state index contributed by atoms with van der Waals surface area (Å²) in [5.74, 6) is 0. The fraction of sp³-hybridized carbons (Fsp3) is 0. The van der Waals surface area contributed by atoms with E-state index in [1.807, 2.05) is 0 Å². The van der Waals surface area contributed by atoms with Crippen LogP contribution >= 0.6 is 0 Å². The molecule has 0 aromatic heterocycles. The molecular weight excluding hydrogens is 63.0 g/mol. The van der Waals surface area contributed by atoms with Crippen LogP contribution in [0.25, 0.3) is 0 Å². The van der Waals surface area contributed by atoms with Crippen LogP contribution in [0.5, 0.6) is 0 Å². The minimum absolute atomic E-state index is 0. The molecule has 4 heavy (non-hydrogen) atoms. The molecule has 0 amide bonds. The molecule has 0 saturated carbocycles. The second-order valence-electron chi connectivity index (χ2n) is 0. The number of hydrogen-bond donors (Lipinski definition) is 0. The summed E-state index contributed by atoms with van der Waals surface area (Å²) >= 11 is 0. The Morgan fingerprint density at radius 3 is 1.25 bits per heavy atom. The van der Waals surface area contributed by atoms with Crippen LogP contribution < -0.4 is 29.6 Å². The molecule has 1 nitrogen and oxygen atoms in total. The molecule has 22 valence electrons. The summed E-state index contributed by atoms with van der Waals surface area (Å²) < 4.78 is 0. The van der Waals surface area contributed by atoms with E-state index in [1.165, 1.54) is 0 Å². The van der Waals surface area contributed by atoms with Crippen molar-refractivity contribution in [2.75, 3.05) is 0 Å². The van der Waals surface area contributed by atoms with Crippen LogP contribution in [-0.4, -0.2) is 5.48 Å². The van der Waals surface area contributed by atoms with Crippen molar-refractivity contribution in [1.29, 1.82) is 0 Å². The van der Waals surface area contributed by atoms with Gasteiger partial charge in [-0.1, -0.05) is 0 Å². The molecule has 0 saturated heterocycles. The van der Waals surface area contributed by atoms with E-state index < -0.39 is 0 Å². The van der Waals surface area contributed by atoms with E-state index in [1.54, 1.807) is 0 Å². The molecule has 2 heteroatoms. The number of rotatable bonds is 0. The van der Waals surface area contributed by atoms with E-state index >= 15 is 0 Å². The molecule has 0 aromatic carbocycles. The van der Waals surface area contributed by atoms with E-state index in [9.17, 15) is 0 Å². The van der Waals surface area contributed by atoms with Gasteiger partial charge in [0.1, 0.15) is 0 Å². The SMILES string of the molecule is C=C.O.[H-].[Na+]. The van der Waals surface area contributed by atoms with Crippen LogP contribution in [0.15, 0.2) is 13.2 Å². The van der Waals surface area contributed by atoms with Gasteiger partial charge < -0.3 is 6.90 Å². The van der Waals surface area contributed by atoms with E-state index in [2.05, 4.69) is 13.2 Å². The van der Waals surface area contributed by atoms with Gasteiger partial charge in [-0.3, -0.25) is 0 Å². The van der Waals surface area contributed by atoms with Gasteiger partial charge in [-0.25, -0.2) is 0 Å². The summed E-state index contributed by atoms with van der Waals surface area (Å²) in [7, 11) is 0. The predicted octanol–water partition coefficient (Wildman–Crippen LogP) is -2.91. The second kappa shape index (κ2) is 55.0. The van der Waals surface area contributed by atoms with Gasteiger partial charge in [-0.2, -0.15) is 0 Å². The van der Waals surface area contributed by atoms with Gasteiger partial charge in [0.25, 0.3) is 0 Å². The Kier molecular flexibility index (Phi) is 306. The van der Waals surface area contributed by atoms with Crippen molar-refractivity contribution >= 4 is 0 Å². The van der Waals surface area contributed by atoms with Crippen molar-refractivity contribution < 1.29 is 36.5 Å². The van der Waals surface area contributed by atoms with Gasteiger partial charge in [-0.05, 0) is 0 Å². The molecule has 0 fully saturated rings. The van der Waals surface area contributed by atoms with E-state index in [4.69, 9.17) is 0 Å². The maximum atomic E-state index is 3.00. The zero-order chi connectivity index (χ0) is 2.00. The Labute approximate surface area is 49.8 Å². The third kappa shape index (κ3) is 15.9. The summed E-state index contributed by atoms with van der Waals surface area (Å²) in [6.45, 7) is 6.00. The fourth-order valence-corrected chi connectivity index (χ4v) is 0. The predicted molar refractivity (Wildman–Crippen MR) is 16.0 cm³/mol. The Hall–Kier alpha value is 0.700. The average molecular weight is 70.1 g/mol. The molecule has 0 rings (SSSR count). The van der Waals surface area contributed by atoms with Gasteiger partial charge in [0.2, 0.25) is 0 Å². The molecule has 0 atom stereocenters. The van der Waals surface area contributed by atoms with Crippen LogP contribution in [0, 0.1) is 0 Å². The van der Waals surface area contributed by atoms with E-state index in [-0.39, 0.29) is 36.5 Å². The van der Waals surface area contributed by atoms with Gasteiger partial charge in [0, 0.05) is 0 Å². The smallest absolute Gasteiger partial charge is 1.00 e. The van der Waals surface area contributed by atoms with Gasteiger partial charge in [0.05, 0.1) is 0 Å². The maximum Gasteiger partial charge on any atom is 1.00 e. The minimum atomic E-state index is 0. The van der Waals surface area contributed by atoms with Crippen LogP contribution in [0.2, 0.25) is 0 Å². The molecule has 0 aliphatic heterocycles. The first-order valence-electron chi connectivity index (χ1n) is 0.500. The van der Waals surface area contributed by atoms with Crippen molar-refractivity contribution in [3.8, 4) is 0 Å². The van der Waals surface area contributed by atoms with Crippen LogP contribution in [0.4, 0.5) is 0 Å². The average Bonchev–Trinajstić information content (AvgIpc) is 1.00. The van der Waals surface area contributed by atoms with Crippen LogP contribution in [0.1, 0.15) is 1.43 Å². The van der Waals surface area contributed by atoms with Gasteiger partial charge in [0.15, 0.2) is 0 Å². The second-order valence-corrected chi connectivity index (χ2v) is 0. The summed E-state index contributed by atoms with van der Waals surface area (Å²) in [5.41, 5.74) is 0. The van der Waals surface area contributed by atoms with Crippen LogP contribution in [-0.2, 0) is 0 Å². The zero-order valence-electron chi connectivity index (χ0n) is 3.91. The molecular formula is C2H7NaO. The first-order chi connectivity index (χ1) is 1.00. The van der Waals surface area contributed by atoms with Crippen molar-refractivity contribution in [3.63, 3.8) is 0 Å². The summed E-state index contributed by atoms with van der Waals surface area (Å²) in [4.78, 5) is 0. The minimum Gasteiger partial charge on any atom is -1.00 e. The molecule has 0 aliphatic rings. The third-order valence-electron chi connectivity index (χ3n) is 0. The fourth-order valence-electron chi connectivity index (χ4n) is 0. The first-order valence-corrected chi connectivity index (χ1v) is 0.500. The topological polar surface area (TPSA) is 31.5 Å². The zero-order valence-corrected chi connectivity index (χ0v) is 4.91. The normalized spacial score (nSPS) is 1.00. The molecule has 0 bridgehead atoms. The molecule has 0 aromatic rings. The van der Waals surface area contributed by atoms with E-state index in [0.29, 0.717) is 0 Å². The maximum absolute atomic E-state index is 3.00. The standard InChI is InChI=1S/C2H4.Na.H2O.H/c1-2;;;/h1-2H2;;1H2;/q;+1;;-1. The Morgan fingerprint density at radius 2 is 1.25 bits per heavy atom. The van der Waals surface area contributed by atoms with Gasteiger partial charge >= 0.3 is 29.6 Å². The Balaban J connectivity index is -0.00000000167. The quantitative estimate of drug-likeness (QED) is 0.216. The molecule has 0 spiro atoms. The molecule has 0 radical (unpaired) electrons. The summed E-state index contributed by atoms with van der Waals surface area (Å²) in [6.07, 6.45) is 0. The summed E-state index contributed by atoms with van der Waals surface area (Å²) in [5, 5.41) is 0. The van der Waals surface area contributed by atoms with Crippen molar-refractivity contribution in [1.82, 2.24) is 0 Å². The van der Waals surface area contributed by atoms with Gasteiger partial charge in [-0.15, -0.1) is 13.2 Å². The molecule has 0 aliphatic carbocycles. The molecule has 2 N–H and O–H groups in total. The Bertz CT molecular complexity index is 9.61. The largest absolute Gasteiger partial charge is 1.00 e. The van der Waals surface area contributed by atoms with Crippen molar-refractivity contribution in [2.45, 2.75) is 0 Å². The van der Waals surface area contributed by atoms with Crippen molar-refractivity contribution in [3.05, 3.63) is 13.2 Å². The molecule has 0 heterocycles. The third-order valence-corrected chi connectivity index (χ3v) is 0. The molecule has 0 unspecified atom stereocenters. The summed E-state index contributed by atoms with van der Waals surface area (Å²) in [6, 6.07) is 0. The van der Waals surface area contributed by atoms with E-state index in [0.717, 1.165) is 0 Å². The van der Waals surface area contributed by atoms with Crippen LogP contribution in [0.3, 0.4) is 0 Å². The monoisotopic (exact) mass is 70.0 g/mol. The Morgan fingerprint density at radius 1 is 1.25 bits per heavy atom. The first kappa shape index (κ1) is 22.3. The van der Waals surface area contributed by atoms with Crippen molar-refractivity contribution in [2.24, 2.45) is 0 Å². The number of hydrogen-bond acceptors (Lipinski definition) is 0.